The second-order valence-electron chi connectivity index (χ2n) is 6.46. The molecule has 1 aliphatic heterocycles. The summed E-state index contributed by atoms with van der Waals surface area (Å²) < 4.78 is 26.1. The van der Waals surface area contributed by atoms with E-state index in [9.17, 15) is 18.0 Å². The Bertz CT molecular complexity index is 728. The Kier molecular flexibility index (Phi) is 7.13. The van der Waals surface area contributed by atoms with Crippen LogP contribution in [0.1, 0.15) is 19.8 Å². The Hall–Kier alpha value is -1.97. The van der Waals surface area contributed by atoms with Gasteiger partial charge in [0.25, 0.3) is 0 Å². The van der Waals surface area contributed by atoms with Crippen LogP contribution < -0.4 is 16.0 Å². The van der Waals surface area contributed by atoms with Gasteiger partial charge in [0.1, 0.15) is 0 Å². The molecule has 144 valence electrons. The van der Waals surface area contributed by atoms with Gasteiger partial charge in [-0.3, -0.25) is 9.59 Å². The molecule has 1 atom stereocenters. The van der Waals surface area contributed by atoms with Crippen LogP contribution >= 0.6 is 0 Å². The Morgan fingerprint density at radius 3 is 2.54 bits per heavy atom. The summed E-state index contributed by atoms with van der Waals surface area (Å²) in [6.07, 6.45) is 2.00. The molecule has 8 nitrogen and oxygen atoms in total. The van der Waals surface area contributed by atoms with Crippen LogP contribution in [0.15, 0.2) is 29.2 Å². The molecular weight excluding hydrogens is 356 g/mol. The highest BCUT2D eigenvalue weighted by atomic mass is 32.2. The maximum absolute atomic E-state index is 12.5. The molecule has 1 aromatic rings. The number of hydrogen-bond donors (Lipinski definition) is 3. The molecule has 26 heavy (non-hydrogen) atoms. The highest BCUT2D eigenvalue weighted by molar-refractivity contribution is 7.89. The molecule has 2 rings (SSSR count). The van der Waals surface area contributed by atoms with Crippen molar-refractivity contribution < 1.29 is 18.0 Å². The minimum absolute atomic E-state index is 0.0685. The van der Waals surface area contributed by atoms with Crippen LogP contribution in [0, 0.1) is 5.92 Å². The van der Waals surface area contributed by atoms with Gasteiger partial charge in [0.15, 0.2) is 0 Å². The van der Waals surface area contributed by atoms with Crippen molar-refractivity contribution in [2.24, 2.45) is 5.92 Å². The number of carbonyl (C=O) groups is 2. The first-order chi connectivity index (χ1) is 12.3. The fraction of sp³-hybridized carbons (Fsp3) is 0.529. The summed E-state index contributed by atoms with van der Waals surface area (Å²) >= 11 is 0. The summed E-state index contributed by atoms with van der Waals surface area (Å²) in [7, 11) is -2.40. The lowest BCUT2D eigenvalue weighted by molar-refractivity contribution is -0.121. The number of anilines is 1. The molecule has 0 bridgehead atoms. The van der Waals surface area contributed by atoms with E-state index in [2.05, 4.69) is 16.0 Å². The number of likely N-dealkylation sites (N-methyl/N-ethyl adjacent to an activating group) is 1. The minimum atomic E-state index is -3.77. The molecule has 0 spiro atoms. The molecule has 1 aliphatic rings. The number of nitrogens with one attached hydrogen (secondary N) is 3. The highest BCUT2D eigenvalue weighted by Crippen LogP contribution is 2.17. The van der Waals surface area contributed by atoms with Crippen molar-refractivity contribution in [3.05, 3.63) is 24.3 Å². The fourth-order valence-electron chi connectivity index (χ4n) is 2.81. The first kappa shape index (κ1) is 20.3. The third-order valence-electron chi connectivity index (χ3n) is 4.29. The zero-order valence-corrected chi connectivity index (χ0v) is 15.9. The van der Waals surface area contributed by atoms with E-state index in [1.54, 1.807) is 0 Å². The normalized spacial score (nSPS) is 17.3. The zero-order valence-electron chi connectivity index (χ0n) is 15.1. The van der Waals surface area contributed by atoms with E-state index in [1.807, 2.05) is 0 Å². The topological polar surface area (TPSA) is 108 Å². The second-order valence-corrected chi connectivity index (χ2v) is 8.51. The van der Waals surface area contributed by atoms with Gasteiger partial charge in [-0.05, 0) is 56.1 Å². The number of amides is 2. The van der Waals surface area contributed by atoms with Gasteiger partial charge in [-0.1, -0.05) is 0 Å². The van der Waals surface area contributed by atoms with E-state index in [0.717, 1.165) is 30.2 Å². The van der Waals surface area contributed by atoms with Crippen molar-refractivity contribution in [1.29, 1.82) is 0 Å². The van der Waals surface area contributed by atoms with Gasteiger partial charge in [-0.15, -0.1) is 0 Å². The SMILES string of the molecule is CC(=O)Nc1ccc(S(=O)(=O)N(C)CC(=O)NCCC2CCNC2)cc1. The molecular formula is C17H26N4O4S. The largest absolute Gasteiger partial charge is 0.355 e. The smallest absolute Gasteiger partial charge is 0.243 e. The van der Waals surface area contributed by atoms with Crippen LogP contribution in [0.2, 0.25) is 0 Å². The van der Waals surface area contributed by atoms with Gasteiger partial charge in [-0.2, -0.15) is 4.31 Å². The number of carbonyl (C=O) groups excluding carboxylic acids is 2. The van der Waals surface area contributed by atoms with Crippen molar-refractivity contribution in [3.8, 4) is 0 Å². The molecule has 3 N–H and O–H groups in total. The molecule has 0 saturated carbocycles. The number of sulfonamides is 1. The van der Waals surface area contributed by atoms with E-state index in [-0.39, 0.29) is 23.3 Å². The van der Waals surface area contributed by atoms with Crippen molar-refractivity contribution in [2.75, 3.05) is 38.5 Å². The average Bonchev–Trinajstić information content (AvgIpc) is 3.08. The van der Waals surface area contributed by atoms with Gasteiger partial charge >= 0.3 is 0 Å². The maximum atomic E-state index is 12.5. The molecule has 1 heterocycles. The van der Waals surface area contributed by atoms with E-state index in [0.29, 0.717) is 18.2 Å². The van der Waals surface area contributed by atoms with E-state index < -0.39 is 10.0 Å². The van der Waals surface area contributed by atoms with Crippen molar-refractivity contribution in [1.82, 2.24) is 14.9 Å². The maximum Gasteiger partial charge on any atom is 0.243 e. The van der Waals surface area contributed by atoms with Gasteiger partial charge in [-0.25, -0.2) is 8.42 Å². The summed E-state index contributed by atoms with van der Waals surface area (Å²) in [5.41, 5.74) is 0.512. The van der Waals surface area contributed by atoms with Crippen LogP contribution in [0.4, 0.5) is 5.69 Å². The van der Waals surface area contributed by atoms with E-state index in [4.69, 9.17) is 0 Å². The van der Waals surface area contributed by atoms with Crippen LogP contribution in [0.3, 0.4) is 0 Å². The molecule has 0 radical (unpaired) electrons. The number of hydrogen-bond acceptors (Lipinski definition) is 5. The molecule has 0 aromatic heterocycles. The summed E-state index contributed by atoms with van der Waals surface area (Å²) in [5, 5.41) is 8.62. The lowest BCUT2D eigenvalue weighted by Crippen LogP contribution is -2.39. The molecule has 1 saturated heterocycles. The van der Waals surface area contributed by atoms with Crippen LogP contribution in [-0.2, 0) is 19.6 Å². The predicted octanol–water partition coefficient (Wildman–Crippen LogP) is 0.381. The fourth-order valence-corrected chi connectivity index (χ4v) is 3.94. The van der Waals surface area contributed by atoms with E-state index >= 15 is 0 Å². The lowest BCUT2D eigenvalue weighted by atomic mass is 10.1. The Balaban J connectivity index is 1.86. The number of benzene rings is 1. The third-order valence-corrected chi connectivity index (χ3v) is 6.10. The summed E-state index contributed by atoms with van der Waals surface area (Å²) in [5.74, 6) is 0.0126. The molecule has 1 fully saturated rings. The van der Waals surface area contributed by atoms with E-state index in [1.165, 1.54) is 38.2 Å². The first-order valence-corrected chi connectivity index (χ1v) is 10.0. The standard InChI is InChI=1S/C17H26N4O4S/c1-13(22)20-15-3-5-16(6-4-15)26(24,25)21(2)12-17(23)19-10-8-14-7-9-18-11-14/h3-6,14,18H,7-12H2,1-2H3,(H,19,23)(H,20,22). The monoisotopic (exact) mass is 382 g/mol. The van der Waals surface area contributed by atoms with Crippen LogP contribution in [0.5, 0.6) is 0 Å². The molecule has 9 heteroatoms. The predicted molar refractivity (Wildman–Crippen MR) is 99.2 cm³/mol. The first-order valence-electron chi connectivity index (χ1n) is 8.60. The van der Waals surface area contributed by atoms with Crippen molar-refractivity contribution >= 4 is 27.5 Å². The number of rotatable bonds is 8. The third kappa shape index (κ3) is 5.79. The van der Waals surface area contributed by atoms with Crippen molar-refractivity contribution in [3.63, 3.8) is 0 Å². The molecule has 2 amide bonds. The molecule has 0 aliphatic carbocycles. The number of nitrogens with zero attached hydrogens (tertiary/aromatic N) is 1. The summed E-state index contributed by atoms with van der Waals surface area (Å²) in [4.78, 5) is 23.1. The van der Waals surface area contributed by atoms with Crippen LogP contribution in [0.25, 0.3) is 0 Å². The summed E-state index contributed by atoms with van der Waals surface area (Å²) in [6, 6.07) is 5.83. The Morgan fingerprint density at radius 1 is 1.27 bits per heavy atom. The quantitative estimate of drug-likeness (QED) is 0.603. The lowest BCUT2D eigenvalue weighted by Gasteiger charge is -2.17. The van der Waals surface area contributed by atoms with Crippen LogP contribution in [-0.4, -0.2) is 57.8 Å². The minimum Gasteiger partial charge on any atom is -0.355 e. The zero-order chi connectivity index (χ0) is 19.2. The van der Waals surface area contributed by atoms with Gasteiger partial charge in [0, 0.05) is 26.2 Å². The molecule has 1 aromatic carbocycles. The summed E-state index contributed by atoms with van der Waals surface area (Å²) in [6.45, 7) is 3.67. The second kappa shape index (κ2) is 9.11. The average molecular weight is 382 g/mol. The molecule has 1 unspecified atom stereocenters. The van der Waals surface area contributed by atoms with Gasteiger partial charge in [0.2, 0.25) is 21.8 Å². The Morgan fingerprint density at radius 2 is 1.96 bits per heavy atom. The van der Waals surface area contributed by atoms with Crippen molar-refractivity contribution in [2.45, 2.75) is 24.7 Å². The Labute approximate surface area is 154 Å². The van der Waals surface area contributed by atoms with Gasteiger partial charge < -0.3 is 16.0 Å². The van der Waals surface area contributed by atoms with Gasteiger partial charge in [0.05, 0.1) is 11.4 Å². The highest BCUT2D eigenvalue weighted by Gasteiger charge is 2.23.